The van der Waals surface area contributed by atoms with Gasteiger partial charge in [0, 0.05) is 12.2 Å². The van der Waals surface area contributed by atoms with Crippen LogP contribution in [0.1, 0.15) is 18.4 Å². The van der Waals surface area contributed by atoms with Gasteiger partial charge in [-0.3, -0.25) is 4.79 Å². The summed E-state index contributed by atoms with van der Waals surface area (Å²) in [6, 6.07) is 5.67. The van der Waals surface area contributed by atoms with Gasteiger partial charge in [-0.05, 0) is 31.9 Å². The number of halogens is 3. The van der Waals surface area contributed by atoms with Crippen molar-refractivity contribution in [2.45, 2.75) is 37.8 Å². The summed E-state index contributed by atoms with van der Waals surface area (Å²) in [5.41, 5.74) is 1.20. The fourth-order valence-corrected chi connectivity index (χ4v) is 2.88. The second kappa shape index (κ2) is 4.62. The average molecular weight is 300 g/mol. The minimum absolute atomic E-state index is 0.175. The highest BCUT2D eigenvalue weighted by atomic mass is 19.4. The van der Waals surface area contributed by atoms with Gasteiger partial charge in [-0.25, -0.2) is 4.90 Å². The van der Waals surface area contributed by atoms with Crippen molar-refractivity contribution in [3.05, 3.63) is 29.8 Å². The first-order valence-corrected chi connectivity index (χ1v) is 6.75. The highest BCUT2D eigenvalue weighted by molar-refractivity contribution is 5.79. The largest absolute Gasteiger partial charge is 0.465 e. The molecule has 21 heavy (non-hydrogen) atoms. The number of aryl methyl sites for hydroxylation is 1. The zero-order chi connectivity index (χ0) is 15.3. The number of cyclic esters (lactones) is 1. The average Bonchev–Trinajstić information content (AvgIpc) is 2.96. The first kappa shape index (κ1) is 14.2. The van der Waals surface area contributed by atoms with Gasteiger partial charge in [0.1, 0.15) is 6.04 Å². The lowest BCUT2D eigenvalue weighted by Gasteiger charge is -2.37. The number of hydrogen-bond donors (Lipinski definition) is 1. The summed E-state index contributed by atoms with van der Waals surface area (Å²) in [4.78, 5) is 12.8. The van der Waals surface area contributed by atoms with Crippen LogP contribution in [-0.2, 0) is 9.53 Å². The van der Waals surface area contributed by atoms with Crippen molar-refractivity contribution in [2.24, 2.45) is 0 Å². The normalized spacial score (nSPS) is 29.3. The summed E-state index contributed by atoms with van der Waals surface area (Å²) < 4.78 is 45.6. The molecule has 1 N–H and O–H groups in total. The van der Waals surface area contributed by atoms with Crippen molar-refractivity contribution >= 4 is 11.7 Å². The predicted molar refractivity (Wildman–Crippen MR) is 69.4 cm³/mol. The summed E-state index contributed by atoms with van der Waals surface area (Å²) in [7, 11) is 0. The number of hydrogen-bond acceptors (Lipinski definition) is 4. The van der Waals surface area contributed by atoms with E-state index in [2.05, 4.69) is 5.32 Å². The summed E-state index contributed by atoms with van der Waals surface area (Å²) >= 11 is 0. The molecule has 2 saturated heterocycles. The molecule has 1 aromatic carbocycles. The van der Waals surface area contributed by atoms with E-state index in [-0.39, 0.29) is 12.2 Å². The monoisotopic (exact) mass is 300 g/mol. The molecule has 0 radical (unpaired) electrons. The van der Waals surface area contributed by atoms with E-state index in [1.165, 1.54) is 0 Å². The molecule has 0 aliphatic carbocycles. The van der Waals surface area contributed by atoms with Crippen LogP contribution >= 0.6 is 0 Å². The SMILES string of the molecule is Cc1ccc(N[C@]2(C(F)(F)F)OC(=O)[C@H]3CCCN32)cc1. The third-order valence-corrected chi connectivity index (χ3v) is 3.93. The topological polar surface area (TPSA) is 41.6 Å². The molecule has 114 valence electrons. The molecule has 3 rings (SSSR count). The molecule has 2 fully saturated rings. The van der Waals surface area contributed by atoms with Crippen LogP contribution in [0.3, 0.4) is 0 Å². The number of fused-ring (bicyclic) bond motifs is 1. The maximum atomic E-state index is 13.6. The Morgan fingerprint density at radius 2 is 2.00 bits per heavy atom. The van der Waals surface area contributed by atoms with E-state index in [9.17, 15) is 18.0 Å². The maximum Gasteiger partial charge on any atom is 0.465 e. The smallest absolute Gasteiger partial charge is 0.414 e. The Morgan fingerprint density at radius 3 is 2.62 bits per heavy atom. The van der Waals surface area contributed by atoms with Crippen LogP contribution in [0.4, 0.5) is 18.9 Å². The Labute approximate surface area is 119 Å². The van der Waals surface area contributed by atoms with Crippen molar-refractivity contribution < 1.29 is 22.7 Å². The molecule has 0 bridgehead atoms. The second-order valence-electron chi connectivity index (χ2n) is 5.41. The molecular formula is C14H15F3N2O2. The van der Waals surface area contributed by atoms with Crippen molar-refractivity contribution in [1.82, 2.24) is 4.90 Å². The Bertz CT molecular complexity index is 558. The summed E-state index contributed by atoms with van der Waals surface area (Å²) in [6.45, 7) is 2.02. The zero-order valence-electron chi connectivity index (χ0n) is 11.4. The molecule has 0 unspecified atom stereocenters. The number of carbonyl (C=O) groups is 1. The molecule has 2 atom stereocenters. The molecular weight excluding hydrogens is 285 g/mol. The highest BCUT2D eigenvalue weighted by Gasteiger charge is 2.70. The number of nitrogens with zero attached hydrogens (tertiary/aromatic N) is 1. The quantitative estimate of drug-likeness (QED) is 0.853. The Kier molecular flexibility index (Phi) is 3.12. The van der Waals surface area contributed by atoms with E-state index >= 15 is 0 Å². The minimum atomic E-state index is -4.73. The second-order valence-corrected chi connectivity index (χ2v) is 5.41. The van der Waals surface area contributed by atoms with Crippen LogP contribution in [-0.4, -0.2) is 35.5 Å². The summed E-state index contributed by atoms with van der Waals surface area (Å²) in [5.74, 6) is -3.58. The lowest BCUT2D eigenvalue weighted by molar-refractivity contribution is -0.286. The van der Waals surface area contributed by atoms with Crippen LogP contribution in [0, 0.1) is 6.92 Å². The number of rotatable bonds is 2. The summed E-state index contributed by atoms with van der Waals surface area (Å²) in [6.07, 6.45) is -3.79. The number of benzene rings is 1. The molecule has 7 heteroatoms. The van der Waals surface area contributed by atoms with Gasteiger partial charge < -0.3 is 10.1 Å². The van der Waals surface area contributed by atoms with E-state index in [1.54, 1.807) is 24.3 Å². The third-order valence-electron chi connectivity index (χ3n) is 3.93. The van der Waals surface area contributed by atoms with Crippen molar-refractivity contribution in [3.8, 4) is 0 Å². The number of nitrogens with one attached hydrogen (secondary N) is 1. The van der Waals surface area contributed by atoms with Crippen molar-refractivity contribution in [3.63, 3.8) is 0 Å². The Morgan fingerprint density at radius 1 is 1.33 bits per heavy atom. The number of alkyl halides is 3. The summed E-state index contributed by atoms with van der Waals surface area (Å²) in [5, 5.41) is 2.38. The van der Waals surface area contributed by atoms with E-state index in [1.807, 2.05) is 6.92 Å². The van der Waals surface area contributed by atoms with Crippen LogP contribution in [0.2, 0.25) is 0 Å². The molecule has 0 saturated carbocycles. The van der Waals surface area contributed by atoms with Gasteiger partial charge in [0.25, 0.3) is 0 Å². The first-order chi connectivity index (χ1) is 9.83. The standard InChI is InChI=1S/C14H15F3N2O2/c1-9-4-6-10(7-5-9)18-14(13(15,16)17)19-8-2-3-11(19)12(20)21-14/h4-7,11,18H,2-3,8H2,1H3/t11-,14+/m1/s1. The van der Waals surface area contributed by atoms with Crippen LogP contribution in [0.5, 0.6) is 0 Å². The maximum absolute atomic E-state index is 13.6. The van der Waals surface area contributed by atoms with Gasteiger partial charge in [-0.2, -0.15) is 13.2 Å². The zero-order valence-corrected chi connectivity index (χ0v) is 11.4. The molecule has 4 nitrogen and oxygen atoms in total. The van der Waals surface area contributed by atoms with Crippen molar-refractivity contribution in [1.29, 1.82) is 0 Å². The molecule has 2 aliphatic rings. The number of esters is 1. The Balaban J connectivity index is 1.98. The lowest BCUT2D eigenvalue weighted by Crippen LogP contribution is -2.62. The fourth-order valence-electron chi connectivity index (χ4n) is 2.88. The van der Waals surface area contributed by atoms with E-state index in [4.69, 9.17) is 4.74 Å². The number of ether oxygens (including phenoxy) is 1. The fraction of sp³-hybridized carbons (Fsp3) is 0.500. The minimum Gasteiger partial charge on any atom is -0.414 e. The molecule has 0 spiro atoms. The van der Waals surface area contributed by atoms with Gasteiger partial charge in [0.2, 0.25) is 0 Å². The van der Waals surface area contributed by atoms with E-state index in [0.717, 1.165) is 10.5 Å². The number of anilines is 1. The Hall–Kier alpha value is -1.76. The molecule has 1 aromatic rings. The van der Waals surface area contributed by atoms with E-state index in [0.29, 0.717) is 12.8 Å². The third kappa shape index (κ3) is 2.16. The lowest BCUT2D eigenvalue weighted by atomic mass is 10.2. The van der Waals surface area contributed by atoms with Crippen LogP contribution in [0.15, 0.2) is 24.3 Å². The molecule has 2 heterocycles. The van der Waals surface area contributed by atoms with Gasteiger partial charge in [-0.15, -0.1) is 0 Å². The van der Waals surface area contributed by atoms with Crippen LogP contribution < -0.4 is 5.32 Å². The van der Waals surface area contributed by atoms with Crippen LogP contribution in [0.25, 0.3) is 0 Å². The first-order valence-electron chi connectivity index (χ1n) is 6.75. The van der Waals surface area contributed by atoms with Gasteiger partial charge in [0.15, 0.2) is 0 Å². The van der Waals surface area contributed by atoms with E-state index < -0.39 is 24.0 Å². The van der Waals surface area contributed by atoms with Gasteiger partial charge >= 0.3 is 18.0 Å². The molecule has 0 aromatic heterocycles. The number of carbonyl (C=O) groups excluding carboxylic acids is 1. The molecule has 2 aliphatic heterocycles. The predicted octanol–water partition coefficient (Wildman–Crippen LogP) is 2.64. The highest BCUT2D eigenvalue weighted by Crippen LogP contribution is 2.45. The van der Waals surface area contributed by atoms with Crippen molar-refractivity contribution in [2.75, 3.05) is 11.9 Å². The van der Waals surface area contributed by atoms with Gasteiger partial charge in [0.05, 0.1) is 0 Å². The van der Waals surface area contributed by atoms with Gasteiger partial charge in [-0.1, -0.05) is 17.7 Å². The molecule has 0 amide bonds.